The summed E-state index contributed by atoms with van der Waals surface area (Å²) in [6.45, 7) is 2.08. The molecule has 0 saturated carbocycles. The molecule has 0 atom stereocenters. The molecule has 13 heteroatoms. The molecular weight excluding hydrogens is 422 g/mol. The Morgan fingerprint density at radius 3 is 2.31 bits per heavy atom. The molecule has 2 amide bonds. The van der Waals surface area contributed by atoms with Gasteiger partial charge in [0.25, 0.3) is 0 Å². The first-order valence-corrected chi connectivity index (χ1v) is 9.77. The number of ether oxygens (including phenoxy) is 3. The predicted molar refractivity (Wildman–Crippen MR) is 116 cm³/mol. The highest BCUT2D eigenvalue weighted by Gasteiger charge is 2.24. The van der Waals surface area contributed by atoms with Crippen LogP contribution in [-0.4, -0.2) is 73.3 Å². The van der Waals surface area contributed by atoms with Crippen LogP contribution in [0.2, 0.25) is 0 Å². The van der Waals surface area contributed by atoms with Gasteiger partial charge in [0, 0.05) is 32.7 Å². The third-order valence-electron chi connectivity index (χ3n) is 4.81. The number of urea groups is 1. The highest BCUT2D eigenvalue weighted by molar-refractivity contribution is 5.76. The number of aromatic nitrogens is 2. The molecular formula is C19H25N7O6. The van der Waals surface area contributed by atoms with Gasteiger partial charge >= 0.3 is 11.7 Å². The smallest absolute Gasteiger partial charge is 0.353 e. The summed E-state index contributed by atoms with van der Waals surface area (Å²) in [7, 11) is 4.52. The summed E-state index contributed by atoms with van der Waals surface area (Å²) in [5.74, 6) is 1.50. The van der Waals surface area contributed by atoms with Gasteiger partial charge in [0.1, 0.15) is 6.33 Å². The van der Waals surface area contributed by atoms with E-state index in [0.717, 1.165) is 5.56 Å². The van der Waals surface area contributed by atoms with E-state index in [9.17, 15) is 14.9 Å². The van der Waals surface area contributed by atoms with Crippen LogP contribution in [0.25, 0.3) is 0 Å². The summed E-state index contributed by atoms with van der Waals surface area (Å²) in [5.41, 5.74) is 0.452. The quantitative estimate of drug-likeness (QED) is 0.341. The Morgan fingerprint density at radius 1 is 1.12 bits per heavy atom. The zero-order valence-electron chi connectivity index (χ0n) is 18.0. The number of amides is 2. The van der Waals surface area contributed by atoms with E-state index in [2.05, 4.69) is 25.9 Å². The van der Waals surface area contributed by atoms with Gasteiger partial charge in [-0.05, 0) is 17.7 Å². The van der Waals surface area contributed by atoms with Crippen molar-refractivity contribution in [3.8, 4) is 17.2 Å². The zero-order valence-corrected chi connectivity index (χ0v) is 18.0. The molecule has 1 aliphatic rings. The summed E-state index contributed by atoms with van der Waals surface area (Å²) in [6, 6.07) is 3.32. The number of nitrogens with one attached hydrogen (secondary N) is 3. The van der Waals surface area contributed by atoms with Crippen LogP contribution >= 0.6 is 0 Å². The molecule has 0 bridgehead atoms. The standard InChI is InChI=1S/C19H25N7O6/c1-30-13-8-12(9-14(31-2)16(13)32-3)10-22-18-15(26(28)29)17(23-11-24-18)20-4-6-25-7-5-21-19(25)27/h8-9,11H,4-7,10H2,1-3H3,(H,21,27)(H2,20,22,23,24). The number of nitro groups is 1. The van der Waals surface area contributed by atoms with Crippen LogP contribution in [-0.2, 0) is 6.54 Å². The topological polar surface area (TPSA) is 153 Å². The molecule has 0 spiro atoms. The molecule has 1 saturated heterocycles. The van der Waals surface area contributed by atoms with Crippen molar-refractivity contribution < 1.29 is 23.9 Å². The minimum Gasteiger partial charge on any atom is -0.493 e. The lowest BCUT2D eigenvalue weighted by Crippen LogP contribution is -2.32. The number of carbonyl (C=O) groups is 1. The number of rotatable bonds is 11. The number of benzene rings is 1. The summed E-state index contributed by atoms with van der Waals surface area (Å²) < 4.78 is 16.0. The lowest BCUT2D eigenvalue weighted by atomic mass is 10.1. The van der Waals surface area contributed by atoms with E-state index < -0.39 is 4.92 Å². The van der Waals surface area contributed by atoms with Crippen LogP contribution in [0.15, 0.2) is 18.5 Å². The van der Waals surface area contributed by atoms with Crippen LogP contribution < -0.4 is 30.2 Å². The maximum atomic E-state index is 11.7. The first kappa shape index (κ1) is 22.7. The van der Waals surface area contributed by atoms with Crippen LogP contribution in [0.5, 0.6) is 17.2 Å². The molecule has 2 aromatic rings. The Labute approximate surface area is 184 Å². The molecule has 172 valence electrons. The Balaban J connectivity index is 1.74. The predicted octanol–water partition coefficient (Wildman–Crippen LogP) is 1.46. The molecule has 1 aromatic heterocycles. The van der Waals surface area contributed by atoms with E-state index in [1.807, 2.05) is 0 Å². The molecule has 3 N–H and O–H groups in total. The van der Waals surface area contributed by atoms with Crippen molar-refractivity contribution in [3.63, 3.8) is 0 Å². The van der Waals surface area contributed by atoms with E-state index in [1.54, 1.807) is 17.0 Å². The van der Waals surface area contributed by atoms with Gasteiger partial charge in [0.05, 0.1) is 26.3 Å². The van der Waals surface area contributed by atoms with E-state index >= 15 is 0 Å². The molecule has 0 radical (unpaired) electrons. The molecule has 2 heterocycles. The van der Waals surface area contributed by atoms with Gasteiger partial charge in [-0.1, -0.05) is 0 Å². The fourth-order valence-corrected chi connectivity index (χ4v) is 3.27. The second-order valence-electron chi connectivity index (χ2n) is 6.71. The highest BCUT2D eigenvalue weighted by Crippen LogP contribution is 2.38. The summed E-state index contributed by atoms with van der Waals surface area (Å²) in [4.78, 5) is 32.4. The molecule has 3 rings (SSSR count). The first-order chi connectivity index (χ1) is 15.5. The number of anilines is 2. The van der Waals surface area contributed by atoms with Gasteiger partial charge < -0.3 is 35.1 Å². The fourth-order valence-electron chi connectivity index (χ4n) is 3.27. The van der Waals surface area contributed by atoms with Crippen LogP contribution in [0, 0.1) is 10.1 Å². The van der Waals surface area contributed by atoms with E-state index in [0.29, 0.717) is 43.4 Å². The lowest BCUT2D eigenvalue weighted by Gasteiger charge is -2.16. The fraction of sp³-hybridized carbons (Fsp3) is 0.421. The maximum absolute atomic E-state index is 11.7. The summed E-state index contributed by atoms with van der Waals surface area (Å²) in [6.07, 6.45) is 1.23. The van der Waals surface area contributed by atoms with Crippen LogP contribution in [0.4, 0.5) is 22.1 Å². The Kier molecular flexibility index (Phi) is 7.31. The van der Waals surface area contributed by atoms with Gasteiger partial charge in [0.2, 0.25) is 17.4 Å². The van der Waals surface area contributed by atoms with Crippen molar-refractivity contribution in [1.82, 2.24) is 20.2 Å². The van der Waals surface area contributed by atoms with E-state index in [1.165, 1.54) is 27.7 Å². The monoisotopic (exact) mass is 447 g/mol. The number of hydrogen-bond acceptors (Lipinski definition) is 10. The van der Waals surface area contributed by atoms with Crippen molar-refractivity contribution in [3.05, 3.63) is 34.1 Å². The van der Waals surface area contributed by atoms with Gasteiger partial charge in [-0.25, -0.2) is 14.8 Å². The average molecular weight is 447 g/mol. The van der Waals surface area contributed by atoms with Gasteiger partial charge in [-0.2, -0.15) is 0 Å². The minimum absolute atomic E-state index is 0.0557. The summed E-state index contributed by atoms with van der Waals surface area (Å²) >= 11 is 0. The Morgan fingerprint density at radius 2 is 1.78 bits per heavy atom. The van der Waals surface area contributed by atoms with Gasteiger partial charge in [0.15, 0.2) is 11.5 Å². The maximum Gasteiger partial charge on any atom is 0.353 e. The molecule has 1 fully saturated rings. The molecule has 13 nitrogen and oxygen atoms in total. The number of hydrogen-bond donors (Lipinski definition) is 3. The van der Waals surface area contributed by atoms with Gasteiger partial charge in [-0.15, -0.1) is 0 Å². The molecule has 1 aliphatic heterocycles. The van der Waals surface area contributed by atoms with Gasteiger partial charge in [-0.3, -0.25) is 10.1 Å². The van der Waals surface area contributed by atoms with E-state index in [4.69, 9.17) is 14.2 Å². The largest absolute Gasteiger partial charge is 0.493 e. The number of carbonyl (C=O) groups excluding carboxylic acids is 1. The second-order valence-corrected chi connectivity index (χ2v) is 6.71. The van der Waals surface area contributed by atoms with Crippen molar-refractivity contribution in [2.75, 3.05) is 58.1 Å². The minimum atomic E-state index is -0.553. The first-order valence-electron chi connectivity index (χ1n) is 9.77. The third-order valence-corrected chi connectivity index (χ3v) is 4.81. The van der Waals surface area contributed by atoms with Crippen molar-refractivity contribution in [2.24, 2.45) is 0 Å². The molecule has 1 aromatic carbocycles. The molecule has 0 unspecified atom stereocenters. The van der Waals surface area contributed by atoms with Crippen LogP contribution in [0.1, 0.15) is 5.56 Å². The SMILES string of the molecule is COc1cc(CNc2ncnc(NCCN3CCNC3=O)c2[N+](=O)[O-])cc(OC)c1OC. The Hall–Kier alpha value is -4.03. The lowest BCUT2D eigenvalue weighted by molar-refractivity contribution is -0.383. The number of nitrogens with zero attached hydrogens (tertiary/aromatic N) is 4. The second kappa shape index (κ2) is 10.3. The Bertz CT molecular complexity index is 962. The highest BCUT2D eigenvalue weighted by atomic mass is 16.6. The summed E-state index contributed by atoms with van der Waals surface area (Å²) in [5, 5.41) is 20.3. The number of methoxy groups -OCH3 is 3. The average Bonchev–Trinajstić information content (AvgIpc) is 3.21. The third kappa shape index (κ3) is 4.99. The molecule has 0 aliphatic carbocycles. The van der Waals surface area contributed by atoms with Crippen molar-refractivity contribution in [2.45, 2.75) is 6.54 Å². The molecule has 32 heavy (non-hydrogen) atoms. The van der Waals surface area contributed by atoms with Crippen molar-refractivity contribution in [1.29, 1.82) is 0 Å². The zero-order chi connectivity index (χ0) is 23.1. The van der Waals surface area contributed by atoms with E-state index in [-0.39, 0.29) is 29.9 Å². The normalized spacial score (nSPS) is 12.8. The van der Waals surface area contributed by atoms with Crippen LogP contribution in [0.3, 0.4) is 0 Å². The van der Waals surface area contributed by atoms with Crippen molar-refractivity contribution >= 4 is 23.4 Å².